The molecule has 2 aliphatic heterocycles. The van der Waals surface area contributed by atoms with E-state index in [0.717, 1.165) is 0 Å². The minimum atomic E-state index is -0.713. The number of fused-ring (bicyclic) bond motifs is 1. The van der Waals surface area contributed by atoms with E-state index in [1.807, 2.05) is 48.5 Å². The zero-order valence-electron chi connectivity index (χ0n) is 22.9. The molecule has 11 heteroatoms. The van der Waals surface area contributed by atoms with Crippen LogP contribution in [0.15, 0.2) is 23.3 Å². The molecule has 4 heterocycles. The molecule has 0 radical (unpaired) electrons. The summed E-state index contributed by atoms with van der Waals surface area (Å²) in [6.45, 7) is 15.9. The number of hydrogen-bond donors (Lipinski definition) is 0. The van der Waals surface area contributed by atoms with Crippen LogP contribution in [0.1, 0.15) is 78.2 Å². The van der Waals surface area contributed by atoms with Gasteiger partial charge in [0.05, 0.1) is 29.2 Å². The van der Waals surface area contributed by atoms with E-state index < -0.39 is 41.4 Å². The Morgan fingerprint density at radius 1 is 1.19 bits per heavy atom. The summed E-state index contributed by atoms with van der Waals surface area (Å²) in [6, 6.07) is 1.46. The van der Waals surface area contributed by atoms with Gasteiger partial charge < -0.3 is 28.2 Å². The average Bonchev–Trinajstić information content (AvgIpc) is 3.35. The number of nitrogens with zero attached hydrogens (tertiary/aromatic N) is 3. The Morgan fingerprint density at radius 3 is 2.43 bits per heavy atom. The van der Waals surface area contributed by atoms with Crippen molar-refractivity contribution in [3.63, 3.8) is 0 Å². The summed E-state index contributed by atoms with van der Waals surface area (Å²) in [5.74, 6) is -0.703. The van der Waals surface area contributed by atoms with Crippen molar-refractivity contribution in [3.8, 4) is 0 Å². The number of likely N-dealkylation sites (tertiary alicyclic amines) is 1. The lowest BCUT2D eigenvalue weighted by Crippen LogP contribution is -2.41. The highest BCUT2D eigenvalue weighted by Crippen LogP contribution is 2.36. The Balaban J connectivity index is 1.75. The molecule has 2 fully saturated rings. The van der Waals surface area contributed by atoms with Gasteiger partial charge in [0.2, 0.25) is 5.43 Å². The molecule has 1 amide bonds. The second-order valence-electron chi connectivity index (χ2n) is 11.6. The topological polar surface area (TPSA) is 109 Å². The number of rotatable bonds is 4. The molecule has 2 aromatic rings. The highest BCUT2D eigenvalue weighted by molar-refractivity contribution is 6.62. The zero-order chi connectivity index (χ0) is 27.3. The maximum atomic E-state index is 13.4. The molecule has 0 N–H and O–H groups in total. The normalized spacial score (nSPS) is 20.9. The van der Waals surface area contributed by atoms with Crippen molar-refractivity contribution < 1.29 is 28.4 Å². The Bertz CT molecular complexity index is 1270. The molecule has 2 aliphatic rings. The van der Waals surface area contributed by atoms with Crippen LogP contribution in [0.2, 0.25) is 0 Å². The van der Waals surface area contributed by atoms with Crippen LogP contribution in [0.3, 0.4) is 0 Å². The van der Waals surface area contributed by atoms with Gasteiger partial charge in [-0.1, -0.05) is 0 Å². The predicted octanol–water partition coefficient (Wildman–Crippen LogP) is 3.05. The van der Waals surface area contributed by atoms with Gasteiger partial charge in [-0.25, -0.2) is 14.6 Å². The number of pyridine rings is 2. The lowest BCUT2D eigenvalue weighted by atomic mass is 9.80. The van der Waals surface area contributed by atoms with Crippen molar-refractivity contribution in [2.24, 2.45) is 0 Å². The summed E-state index contributed by atoms with van der Waals surface area (Å²) in [4.78, 5) is 45.1. The minimum absolute atomic E-state index is 0.0852. The minimum Gasteiger partial charge on any atom is -0.462 e. The van der Waals surface area contributed by atoms with E-state index in [9.17, 15) is 14.4 Å². The molecule has 4 rings (SSSR count). The number of hydrogen-bond acceptors (Lipinski definition) is 8. The molecule has 2 aromatic heterocycles. The van der Waals surface area contributed by atoms with Gasteiger partial charge in [0.1, 0.15) is 16.8 Å². The zero-order valence-corrected chi connectivity index (χ0v) is 22.9. The van der Waals surface area contributed by atoms with Gasteiger partial charge >= 0.3 is 19.2 Å². The Hall–Kier alpha value is -2.92. The van der Waals surface area contributed by atoms with Crippen LogP contribution >= 0.6 is 0 Å². The van der Waals surface area contributed by atoms with Crippen molar-refractivity contribution >= 4 is 35.7 Å². The van der Waals surface area contributed by atoms with E-state index in [-0.39, 0.29) is 23.6 Å². The maximum absolute atomic E-state index is 13.4. The van der Waals surface area contributed by atoms with Crippen molar-refractivity contribution in [1.29, 1.82) is 0 Å². The van der Waals surface area contributed by atoms with Crippen molar-refractivity contribution in [3.05, 3.63) is 34.2 Å². The van der Waals surface area contributed by atoms with Crippen LogP contribution in [0.25, 0.3) is 11.0 Å². The highest BCUT2D eigenvalue weighted by Gasteiger charge is 2.52. The molecule has 0 aromatic carbocycles. The van der Waals surface area contributed by atoms with Crippen LogP contribution in [-0.4, -0.2) is 70.1 Å². The third-order valence-electron chi connectivity index (χ3n) is 7.12. The second kappa shape index (κ2) is 9.43. The van der Waals surface area contributed by atoms with Crippen LogP contribution < -0.4 is 10.9 Å². The number of carbonyl (C=O) groups is 2. The van der Waals surface area contributed by atoms with Gasteiger partial charge in [-0.2, -0.15) is 0 Å². The van der Waals surface area contributed by atoms with Crippen LogP contribution in [0.5, 0.6) is 0 Å². The molecule has 1 unspecified atom stereocenters. The monoisotopic (exact) mass is 513 g/mol. The van der Waals surface area contributed by atoms with Crippen molar-refractivity contribution in [1.82, 2.24) is 14.5 Å². The fraction of sp³-hybridized carbons (Fsp3) is 0.615. The predicted molar refractivity (Wildman–Crippen MR) is 139 cm³/mol. The average molecular weight is 513 g/mol. The van der Waals surface area contributed by atoms with Crippen molar-refractivity contribution in [2.75, 3.05) is 19.7 Å². The highest BCUT2D eigenvalue weighted by atomic mass is 16.7. The maximum Gasteiger partial charge on any atom is 0.496 e. The van der Waals surface area contributed by atoms with Gasteiger partial charge in [-0.15, -0.1) is 0 Å². The quantitative estimate of drug-likeness (QED) is 0.454. The Labute approximate surface area is 217 Å². The second-order valence-corrected chi connectivity index (χ2v) is 11.6. The van der Waals surface area contributed by atoms with Crippen LogP contribution in [-0.2, 0) is 18.8 Å². The summed E-state index contributed by atoms with van der Waals surface area (Å²) in [5.41, 5.74) is -1.30. The fourth-order valence-corrected chi connectivity index (χ4v) is 4.45. The Kier molecular flexibility index (Phi) is 6.92. The molecule has 1 atom stereocenters. The summed E-state index contributed by atoms with van der Waals surface area (Å²) in [7, 11) is -0.713. The number of carbonyl (C=O) groups excluding carboxylic acids is 2. The molecule has 10 nitrogen and oxygen atoms in total. The lowest BCUT2D eigenvalue weighted by molar-refractivity contribution is 0.00578. The first kappa shape index (κ1) is 27.1. The summed E-state index contributed by atoms with van der Waals surface area (Å²) >= 11 is 0. The number of ether oxygens (including phenoxy) is 2. The fourth-order valence-electron chi connectivity index (χ4n) is 4.45. The molecule has 2 saturated heterocycles. The molecular formula is C26H36BN3O7. The number of amides is 1. The Morgan fingerprint density at radius 2 is 1.84 bits per heavy atom. The molecule has 0 spiro atoms. The first-order chi connectivity index (χ1) is 17.1. The van der Waals surface area contributed by atoms with Crippen molar-refractivity contribution in [2.45, 2.75) is 84.7 Å². The van der Waals surface area contributed by atoms with Crippen LogP contribution in [0.4, 0.5) is 4.79 Å². The molecule has 0 aliphatic carbocycles. The standard InChI is InChI=1S/C26H36BN3O7/c1-9-34-22(32)19-15-30(17-10-11-29(14-17)23(33)35-24(2,3)4)21-18(20(19)31)12-16(13-28-21)27-36-25(5,6)26(7,8)37-27/h12-13,15,17H,9-11,14H2,1-8H3. The van der Waals surface area contributed by atoms with E-state index in [2.05, 4.69) is 4.98 Å². The summed E-state index contributed by atoms with van der Waals surface area (Å²) in [5, 5.41) is 0.258. The largest absolute Gasteiger partial charge is 0.496 e. The summed E-state index contributed by atoms with van der Waals surface area (Å²) in [6.07, 6.45) is 3.33. The first-order valence-electron chi connectivity index (χ1n) is 12.7. The SMILES string of the molecule is CCOC(=O)c1cn(C2CCN(C(=O)OC(C)(C)C)C2)c2ncc(B3OC(C)(C)C(C)(C)O3)cc2c1=O. The number of esters is 1. The smallest absolute Gasteiger partial charge is 0.462 e. The third-order valence-corrected chi connectivity index (χ3v) is 7.12. The number of aromatic nitrogens is 2. The van der Waals surface area contributed by atoms with Gasteiger partial charge in [0.15, 0.2) is 0 Å². The van der Waals surface area contributed by atoms with E-state index >= 15 is 0 Å². The van der Waals surface area contributed by atoms with Gasteiger partial charge in [-0.3, -0.25) is 4.79 Å². The van der Waals surface area contributed by atoms with Gasteiger partial charge in [0.25, 0.3) is 0 Å². The van der Waals surface area contributed by atoms with E-state index in [1.54, 1.807) is 28.7 Å². The summed E-state index contributed by atoms with van der Waals surface area (Å²) < 4.78 is 24.8. The first-order valence-corrected chi connectivity index (χ1v) is 12.7. The molecule has 0 saturated carbocycles. The molecular weight excluding hydrogens is 477 g/mol. The van der Waals surface area contributed by atoms with E-state index in [0.29, 0.717) is 30.6 Å². The van der Waals surface area contributed by atoms with Gasteiger partial charge in [-0.05, 0) is 67.9 Å². The van der Waals surface area contributed by atoms with E-state index in [1.165, 1.54) is 6.20 Å². The molecule has 200 valence electrons. The van der Waals surface area contributed by atoms with Gasteiger partial charge in [0, 0.05) is 30.9 Å². The molecule has 0 bridgehead atoms. The van der Waals surface area contributed by atoms with Crippen LogP contribution in [0, 0.1) is 0 Å². The third kappa shape index (κ3) is 5.24. The van der Waals surface area contributed by atoms with E-state index in [4.69, 9.17) is 18.8 Å². The lowest BCUT2D eigenvalue weighted by Gasteiger charge is -2.32. The molecule has 37 heavy (non-hydrogen) atoms.